The molecule has 0 heterocycles. The Kier molecular flexibility index (Phi) is 5.98. The van der Waals surface area contributed by atoms with Crippen LogP contribution in [0.2, 0.25) is 0 Å². The molecule has 0 fully saturated rings. The second-order valence-electron chi connectivity index (χ2n) is 3.36. The Morgan fingerprint density at radius 3 is 2.73 bits per heavy atom. The van der Waals surface area contributed by atoms with E-state index in [1.807, 2.05) is 12.3 Å². The van der Waals surface area contributed by atoms with Gasteiger partial charge in [-0.25, -0.2) is 0 Å². The van der Waals surface area contributed by atoms with Crippen LogP contribution < -0.4 is 5.32 Å². The summed E-state index contributed by atoms with van der Waals surface area (Å²) in [4.78, 5) is 9.98. The molecule has 0 aliphatic heterocycles. The van der Waals surface area contributed by atoms with Crippen molar-refractivity contribution in [2.24, 2.45) is 0 Å². The van der Waals surface area contributed by atoms with Crippen LogP contribution in [0, 0.1) is 0 Å². The van der Waals surface area contributed by atoms with Gasteiger partial charge in [0.2, 0.25) is 0 Å². The first-order valence-corrected chi connectivity index (χ1v) is 5.29. The SMILES string of the molecule is O=CCNC=CCCCc1ccccc1. The summed E-state index contributed by atoms with van der Waals surface area (Å²) in [6.45, 7) is 0.398. The van der Waals surface area contributed by atoms with Crippen LogP contribution in [-0.2, 0) is 11.2 Å². The summed E-state index contributed by atoms with van der Waals surface area (Å²) in [5.74, 6) is 0. The molecule has 0 saturated carbocycles. The third-order valence-electron chi connectivity index (χ3n) is 2.12. The third kappa shape index (κ3) is 5.68. The Bertz CT molecular complexity index is 293. The van der Waals surface area contributed by atoms with Gasteiger partial charge in [0.1, 0.15) is 6.29 Å². The van der Waals surface area contributed by atoms with Gasteiger partial charge >= 0.3 is 0 Å². The largest absolute Gasteiger partial charge is 0.384 e. The number of benzene rings is 1. The van der Waals surface area contributed by atoms with Gasteiger partial charge in [-0.2, -0.15) is 0 Å². The monoisotopic (exact) mass is 203 g/mol. The smallest absolute Gasteiger partial charge is 0.139 e. The van der Waals surface area contributed by atoms with Crippen molar-refractivity contribution in [3.63, 3.8) is 0 Å². The van der Waals surface area contributed by atoms with Crippen molar-refractivity contribution >= 4 is 6.29 Å². The zero-order chi connectivity index (χ0) is 10.8. The average molecular weight is 203 g/mol. The summed E-state index contributed by atoms with van der Waals surface area (Å²) in [5, 5.41) is 2.89. The zero-order valence-electron chi connectivity index (χ0n) is 8.86. The number of aryl methyl sites for hydroxylation is 1. The predicted molar refractivity (Wildman–Crippen MR) is 62.6 cm³/mol. The predicted octanol–water partition coefficient (Wildman–Crippen LogP) is 2.31. The molecule has 1 rings (SSSR count). The van der Waals surface area contributed by atoms with Crippen molar-refractivity contribution in [2.45, 2.75) is 19.3 Å². The lowest BCUT2D eigenvalue weighted by Gasteiger charge is -1.98. The highest BCUT2D eigenvalue weighted by Crippen LogP contribution is 2.04. The Balaban J connectivity index is 2.07. The number of carbonyl (C=O) groups is 1. The molecule has 0 amide bonds. The fourth-order valence-corrected chi connectivity index (χ4v) is 1.35. The first-order valence-electron chi connectivity index (χ1n) is 5.29. The molecule has 0 aromatic heterocycles. The third-order valence-corrected chi connectivity index (χ3v) is 2.12. The Labute approximate surface area is 91.0 Å². The number of hydrogen-bond donors (Lipinski definition) is 1. The van der Waals surface area contributed by atoms with Crippen LogP contribution in [0.1, 0.15) is 18.4 Å². The maximum absolute atomic E-state index is 9.98. The van der Waals surface area contributed by atoms with Crippen molar-refractivity contribution in [1.29, 1.82) is 0 Å². The normalized spacial score (nSPS) is 10.4. The Hall–Kier alpha value is -1.57. The van der Waals surface area contributed by atoms with Crippen LogP contribution in [-0.4, -0.2) is 12.8 Å². The molecule has 0 unspecified atom stereocenters. The quantitative estimate of drug-likeness (QED) is 0.544. The molecule has 0 aliphatic carbocycles. The molecule has 2 heteroatoms. The lowest BCUT2D eigenvalue weighted by molar-refractivity contribution is -0.107. The van der Waals surface area contributed by atoms with Crippen LogP contribution in [0.25, 0.3) is 0 Å². The summed E-state index contributed by atoms with van der Waals surface area (Å²) in [6.07, 6.45) is 8.06. The molecule has 1 aromatic rings. The second kappa shape index (κ2) is 7.80. The molecule has 1 N–H and O–H groups in total. The Morgan fingerprint density at radius 1 is 1.20 bits per heavy atom. The average Bonchev–Trinajstić information content (AvgIpc) is 2.29. The minimum absolute atomic E-state index is 0.398. The molecule has 0 saturated heterocycles. The molecule has 0 bridgehead atoms. The van der Waals surface area contributed by atoms with E-state index in [0.29, 0.717) is 6.54 Å². The van der Waals surface area contributed by atoms with E-state index in [2.05, 4.69) is 35.7 Å². The maximum Gasteiger partial charge on any atom is 0.139 e. The van der Waals surface area contributed by atoms with E-state index in [9.17, 15) is 4.79 Å². The number of allylic oxidation sites excluding steroid dienone is 1. The fraction of sp³-hybridized carbons (Fsp3) is 0.308. The van der Waals surface area contributed by atoms with Gasteiger partial charge < -0.3 is 10.1 Å². The number of unbranched alkanes of at least 4 members (excludes halogenated alkanes) is 1. The summed E-state index contributed by atoms with van der Waals surface area (Å²) < 4.78 is 0. The van der Waals surface area contributed by atoms with Crippen LogP contribution in [0.5, 0.6) is 0 Å². The molecular formula is C13H17NO. The molecule has 2 nitrogen and oxygen atoms in total. The molecule has 0 spiro atoms. The number of rotatable bonds is 7. The van der Waals surface area contributed by atoms with Gasteiger partial charge in [0, 0.05) is 0 Å². The van der Waals surface area contributed by atoms with E-state index < -0.39 is 0 Å². The van der Waals surface area contributed by atoms with Gasteiger partial charge in [0.25, 0.3) is 0 Å². The standard InChI is InChI=1S/C13H17NO/c15-12-11-14-10-6-2-5-9-13-7-3-1-4-8-13/h1,3-4,6-8,10,12,14H,2,5,9,11H2. The van der Waals surface area contributed by atoms with Crippen LogP contribution in [0.4, 0.5) is 0 Å². The highest BCUT2D eigenvalue weighted by molar-refractivity contribution is 5.52. The van der Waals surface area contributed by atoms with Gasteiger partial charge in [0.15, 0.2) is 0 Å². The van der Waals surface area contributed by atoms with Crippen molar-refractivity contribution < 1.29 is 4.79 Å². The minimum Gasteiger partial charge on any atom is -0.384 e. The van der Waals surface area contributed by atoms with Gasteiger partial charge in [-0.05, 0) is 31.0 Å². The van der Waals surface area contributed by atoms with E-state index in [0.717, 1.165) is 25.5 Å². The first-order chi connectivity index (χ1) is 7.43. The molecular weight excluding hydrogens is 186 g/mol. The maximum atomic E-state index is 9.98. The van der Waals surface area contributed by atoms with Gasteiger partial charge in [0.05, 0.1) is 6.54 Å². The molecule has 0 aliphatic rings. The van der Waals surface area contributed by atoms with E-state index >= 15 is 0 Å². The van der Waals surface area contributed by atoms with Crippen molar-refractivity contribution in [2.75, 3.05) is 6.54 Å². The molecule has 0 atom stereocenters. The lowest BCUT2D eigenvalue weighted by atomic mass is 10.1. The number of nitrogens with one attached hydrogen (secondary N) is 1. The summed E-state index contributed by atoms with van der Waals surface area (Å²) >= 11 is 0. The summed E-state index contributed by atoms with van der Waals surface area (Å²) in [6, 6.07) is 10.5. The number of aldehydes is 1. The summed E-state index contributed by atoms with van der Waals surface area (Å²) in [7, 11) is 0. The van der Waals surface area contributed by atoms with Crippen LogP contribution in [0.3, 0.4) is 0 Å². The van der Waals surface area contributed by atoms with Crippen LogP contribution >= 0.6 is 0 Å². The summed E-state index contributed by atoms with van der Waals surface area (Å²) in [5.41, 5.74) is 1.38. The fourth-order valence-electron chi connectivity index (χ4n) is 1.35. The highest BCUT2D eigenvalue weighted by Gasteiger charge is 1.89. The first kappa shape index (κ1) is 11.5. The highest BCUT2D eigenvalue weighted by atomic mass is 16.1. The van der Waals surface area contributed by atoms with E-state index in [-0.39, 0.29) is 0 Å². The second-order valence-corrected chi connectivity index (χ2v) is 3.36. The molecule has 15 heavy (non-hydrogen) atoms. The van der Waals surface area contributed by atoms with Crippen LogP contribution in [0.15, 0.2) is 42.6 Å². The van der Waals surface area contributed by atoms with E-state index in [1.165, 1.54) is 5.56 Å². The Morgan fingerprint density at radius 2 is 2.00 bits per heavy atom. The number of carbonyl (C=O) groups excluding carboxylic acids is 1. The van der Waals surface area contributed by atoms with E-state index in [1.54, 1.807) is 0 Å². The van der Waals surface area contributed by atoms with Crippen molar-refractivity contribution in [1.82, 2.24) is 5.32 Å². The molecule has 0 radical (unpaired) electrons. The number of hydrogen-bond acceptors (Lipinski definition) is 2. The van der Waals surface area contributed by atoms with E-state index in [4.69, 9.17) is 0 Å². The minimum atomic E-state index is 0.398. The molecule has 1 aromatic carbocycles. The topological polar surface area (TPSA) is 29.1 Å². The van der Waals surface area contributed by atoms with Gasteiger partial charge in [-0.3, -0.25) is 0 Å². The van der Waals surface area contributed by atoms with Crippen molar-refractivity contribution in [3.8, 4) is 0 Å². The zero-order valence-corrected chi connectivity index (χ0v) is 8.86. The van der Waals surface area contributed by atoms with Gasteiger partial charge in [-0.15, -0.1) is 0 Å². The van der Waals surface area contributed by atoms with Crippen molar-refractivity contribution in [3.05, 3.63) is 48.2 Å². The van der Waals surface area contributed by atoms with Gasteiger partial charge in [-0.1, -0.05) is 36.4 Å². The lowest BCUT2D eigenvalue weighted by Crippen LogP contribution is -2.06. The molecule has 80 valence electrons.